The first-order chi connectivity index (χ1) is 10.2. The molecule has 0 aromatic rings. The van der Waals surface area contributed by atoms with Crippen molar-refractivity contribution in [1.29, 1.82) is 0 Å². The third-order valence-electron chi connectivity index (χ3n) is 6.04. The molecular weight excluding hydrogens is 279 g/mol. The number of hydrogen-bond donors (Lipinski definition) is 0. The Morgan fingerprint density at radius 1 is 1.18 bits per heavy atom. The lowest BCUT2D eigenvalue weighted by Crippen LogP contribution is -2.53. The van der Waals surface area contributed by atoms with Crippen LogP contribution in [0.1, 0.15) is 48.0 Å². The van der Waals surface area contributed by atoms with Gasteiger partial charge in [0.25, 0.3) is 0 Å². The smallest absolute Gasteiger partial charge is 0.402 e. The van der Waals surface area contributed by atoms with E-state index in [0.29, 0.717) is 11.8 Å². The third-order valence-corrected chi connectivity index (χ3v) is 6.04. The topological polar surface area (TPSA) is 42.0 Å². The fourth-order valence-electron chi connectivity index (χ4n) is 3.76. The monoisotopic (exact) mass is 308 g/mol. The van der Waals surface area contributed by atoms with E-state index in [0.717, 1.165) is 19.6 Å². The SMILES string of the molecule is CCN(CC)C(=O)N1C[C@@H]2C[C@@H]2[C@H]1B1OC(C)(C)C(C)(C)O1. The van der Waals surface area contributed by atoms with Gasteiger partial charge in [-0.05, 0) is 59.8 Å². The van der Waals surface area contributed by atoms with Crippen molar-refractivity contribution in [2.24, 2.45) is 11.8 Å². The first-order valence-electron chi connectivity index (χ1n) is 8.63. The molecule has 0 spiro atoms. The molecular formula is C16H29BN2O3. The molecule has 2 saturated heterocycles. The summed E-state index contributed by atoms with van der Waals surface area (Å²) in [5.41, 5.74) is -0.677. The number of rotatable bonds is 3. The third kappa shape index (κ3) is 2.35. The standard InChI is InChI=1S/C16H29BN2O3/c1-7-18(8-2)14(20)19-10-11-9-12(11)13(19)17-21-15(3,4)16(5,6)22-17/h11-13H,7-10H2,1-6H3/t11-,12-,13-/m0/s1. The Hall–Kier alpha value is -0.745. The van der Waals surface area contributed by atoms with Crippen LogP contribution in [0.3, 0.4) is 0 Å². The van der Waals surface area contributed by atoms with Crippen molar-refractivity contribution in [1.82, 2.24) is 9.80 Å². The van der Waals surface area contributed by atoms with Crippen molar-refractivity contribution in [3.05, 3.63) is 0 Å². The minimum atomic E-state index is -0.339. The number of hydrogen-bond acceptors (Lipinski definition) is 3. The predicted molar refractivity (Wildman–Crippen MR) is 86.5 cm³/mol. The van der Waals surface area contributed by atoms with Crippen LogP contribution in [0.4, 0.5) is 4.79 Å². The first kappa shape index (κ1) is 16.1. The van der Waals surface area contributed by atoms with Gasteiger partial charge in [-0.2, -0.15) is 0 Å². The van der Waals surface area contributed by atoms with Crippen LogP contribution in [0.5, 0.6) is 0 Å². The Morgan fingerprint density at radius 2 is 1.73 bits per heavy atom. The van der Waals surface area contributed by atoms with E-state index in [1.807, 2.05) is 23.6 Å². The maximum atomic E-state index is 12.8. The molecule has 0 unspecified atom stereocenters. The van der Waals surface area contributed by atoms with Gasteiger partial charge in [-0.25, -0.2) is 4.79 Å². The van der Waals surface area contributed by atoms with E-state index < -0.39 is 0 Å². The second kappa shape index (κ2) is 5.13. The number of carbonyl (C=O) groups is 1. The molecule has 6 heteroatoms. The maximum absolute atomic E-state index is 12.8. The highest BCUT2D eigenvalue weighted by Crippen LogP contribution is 2.53. The van der Waals surface area contributed by atoms with E-state index in [9.17, 15) is 4.79 Å². The molecule has 0 radical (unpaired) electrons. The Balaban J connectivity index is 1.79. The summed E-state index contributed by atoms with van der Waals surface area (Å²) in [5, 5.41) is 0. The summed E-state index contributed by atoms with van der Waals surface area (Å²) in [5.74, 6) is 1.26. The zero-order valence-corrected chi connectivity index (χ0v) is 14.8. The molecule has 2 heterocycles. The minimum Gasteiger partial charge on any atom is -0.402 e. The number of fused-ring (bicyclic) bond motifs is 1. The summed E-state index contributed by atoms with van der Waals surface area (Å²) in [6.07, 6.45) is 1.21. The Kier molecular flexibility index (Phi) is 3.76. The zero-order chi connectivity index (χ0) is 16.3. The van der Waals surface area contributed by atoms with Crippen molar-refractivity contribution in [2.45, 2.75) is 65.1 Å². The number of urea groups is 1. The highest BCUT2D eigenvalue weighted by atomic mass is 16.7. The molecule has 0 aromatic heterocycles. The van der Waals surface area contributed by atoms with Crippen LogP contribution in [0.2, 0.25) is 0 Å². The normalized spacial score (nSPS) is 34.7. The minimum absolute atomic E-state index is 0.0687. The van der Waals surface area contributed by atoms with Crippen molar-refractivity contribution in [3.63, 3.8) is 0 Å². The van der Waals surface area contributed by atoms with Crippen molar-refractivity contribution >= 4 is 13.1 Å². The maximum Gasteiger partial charge on any atom is 0.482 e. The van der Waals surface area contributed by atoms with Crippen molar-refractivity contribution in [3.8, 4) is 0 Å². The predicted octanol–water partition coefficient (Wildman–Crippen LogP) is 2.40. The molecule has 124 valence electrons. The van der Waals surface area contributed by atoms with Gasteiger partial charge in [0.15, 0.2) is 0 Å². The van der Waals surface area contributed by atoms with Crippen LogP contribution < -0.4 is 0 Å². The fraction of sp³-hybridized carbons (Fsp3) is 0.938. The average Bonchev–Trinajstić information content (AvgIpc) is 3.02. The van der Waals surface area contributed by atoms with E-state index in [4.69, 9.17) is 9.31 Å². The molecule has 2 aliphatic heterocycles. The molecule has 2 amide bonds. The molecule has 1 saturated carbocycles. The van der Waals surface area contributed by atoms with Gasteiger partial charge < -0.3 is 19.1 Å². The van der Waals surface area contributed by atoms with Gasteiger partial charge in [-0.1, -0.05) is 0 Å². The molecule has 3 aliphatic rings. The number of likely N-dealkylation sites (tertiary alicyclic amines) is 1. The molecule has 0 N–H and O–H groups in total. The lowest BCUT2D eigenvalue weighted by molar-refractivity contribution is 0.00578. The van der Waals surface area contributed by atoms with Crippen LogP contribution in [-0.2, 0) is 9.31 Å². The molecule has 0 bridgehead atoms. The summed E-state index contributed by atoms with van der Waals surface area (Å²) in [6.45, 7) is 14.7. The summed E-state index contributed by atoms with van der Waals surface area (Å²) in [7, 11) is -0.304. The molecule has 3 fully saturated rings. The van der Waals surface area contributed by atoms with Gasteiger partial charge in [-0.15, -0.1) is 0 Å². The highest BCUT2D eigenvalue weighted by molar-refractivity contribution is 6.48. The Morgan fingerprint density at radius 3 is 2.23 bits per heavy atom. The van der Waals surface area contributed by atoms with Crippen LogP contribution in [0, 0.1) is 11.8 Å². The molecule has 5 nitrogen and oxygen atoms in total. The van der Waals surface area contributed by atoms with Gasteiger partial charge >= 0.3 is 13.1 Å². The molecule has 3 atom stereocenters. The quantitative estimate of drug-likeness (QED) is 0.752. The number of nitrogens with zero attached hydrogens (tertiary/aromatic N) is 2. The van der Waals surface area contributed by atoms with Gasteiger partial charge in [0, 0.05) is 19.6 Å². The number of amides is 2. The lowest BCUT2D eigenvalue weighted by Gasteiger charge is -2.33. The largest absolute Gasteiger partial charge is 0.482 e. The Labute approximate surface area is 134 Å². The van der Waals surface area contributed by atoms with Gasteiger partial charge in [-0.3, -0.25) is 0 Å². The summed E-state index contributed by atoms with van der Waals surface area (Å²) in [4.78, 5) is 16.7. The molecule has 0 aromatic carbocycles. The Bertz CT molecular complexity index is 448. The molecule has 3 rings (SSSR count). The number of piperidine rings is 1. The van der Waals surface area contributed by atoms with E-state index in [1.165, 1.54) is 6.42 Å². The van der Waals surface area contributed by atoms with Crippen LogP contribution in [0.15, 0.2) is 0 Å². The lowest BCUT2D eigenvalue weighted by atomic mass is 9.75. The second-order valence-corrected chi connectivity index (χ2v) is 7.88. The molecule has 22 heavy (non-hydrogen) atoms. The van der Waals surface area contributed by atoms with Crippen molar-refractivity contribution < 1.29 is 14.1 Å². The summed E-state index contributed by atoms with van der Waals surface area (Å²) in [6, 6.07) is 0.136. The first-order valence-corrected chi connectivity index (χ1v) is 8.63. The van der Waals surface area contributed by atoms with Crippen LogP contribution in [0.25, 0.3) is 0 Å². The highest BCUT2D eigenvalue weighted by Gasteiger charge is 2.64. The van der Waals surface area contributed by atoms with Crippen LogP contribution >= 0.6 is 0 Å². The number of carbonyl (C=O) groups excluding carboxylic acids is 1. The van der Waals surface area contributed by atoms with E-state index in [1.54, 1.807) is 0 Å². The summed E-state index contributed by atoms with van der Waals surface area (Å²) >= 11 is 0. The van der Waals surface area contributed by atoms with E-state index in [-0.39, 0.29) is 30.3 Å². The van der Waals surface area contributed by atoms with Crippen LogP contribution in [-0.4, -0.2) is 59.7 Å². The second-order valence-electron chi connectivity index (χ2n) is 7.88. The van der Waals surface area contributed by atoms with Gasteiger partial charge in [0.1, 0.15) is 0 Å². The van der Waals surface area contributed by atoms with Gasteiger partial charge in [0.2, 0.25) is 0 Å². The van der Waals surface area contributed by atoms with E-state index in [2.05, 4.69) is 27.7 Å². The molecule has 1 aliphatic carbocycles. The van der Waals surface area contributed by atoms with E-state index >= 15 is 0 Å². The fourth-order valence-corrected chi connectivity index (χ4v) is 3.76. The van der Waals surface area contributed by atoms with Crippen molar-refractivity contribution in [2.75, 3.05) is 19.6 Å². The average molecular weight is 308 g/mol. The van der Waals surface area contributed by atoms with Gasteiger partial charge in [0.05, 0.1) is 17.1 Å². The zero-order valence-electron chi connectivity index (χ0n) is 14.8. The summed E-state index contributed by atoms with van der Waals surface area (Å²) < 4.78 is 12.5.